The van der Waals surface area contributed by atoms with Crippen LogP contribution in [0.25, 0.3) is 0 Å². The Morgan fingerprint density at radius 2 is 1.93 bits per heavy atom. The third-order valence-corrected chi connectivity index (χ3v) is 2.17. The van der Waals surface area contributed by atoms with Gasteiger partial charge in [-0.05, 0) is 17.7 Å². The number of nitrogens with one attached hydrogen (secondary N) is 1. The van der Waals surface area contributed by atoms with E-state index in [0.717, 1.165) is 13.1 Å². The van der Waals surface area contributed by atoms with Gasteiger partial charge in [0.2, 0.25) is 0 Å². The zero-order chi connectivity index (χ0) is 10.5. The van der Waals surface area contributed by atoms with Crippen LogP contribution >= 0.6 is 0 Å². The van der Waals surface area contributed by atoms with Crippen LogP contribution in [-0.4, -0.2) is 14.8 Å². The van der Waals surface area contributed by atoms with Crippen molar-refractivity contribution in [3.8, 4) is 0 Å². The van der Waals surface area contributed by atoms with Crippen LogP contribution in [0.4, 0.5) is 0 Å². The summed E-state index contributed by atoms with van der Waals surface area (Å²) in [6, 6.07) is 4.02. The molecule has 0 aliphatic carbocycles. The van der Waals surface area contributed by atoms with Gasteiger partial charge in [-0.3, -0.25) is 9.67 Å². The van der Waals surface area contributed by atoms with E-state index in [1.165, 1.54) is 11.1 Å². The minimum Gasteiger partial charge on any atom is -0.309 e. The van der Waals surface area contributed by atoms with Gasteiger partial charge >= 0.3 is 0 Å². The van der Waals surface area contributed by atoms with Gasteiger partial charge < -0.3 is 5.32 Å². The minimum atomic E-state index is 0.843. The summed E-state index contributed by atoms with van der Waals surface area (Å²) in [6.45, 7) is 1.70. The molecule has 0 fully saturated rings. The van der Waals surface area contributed by atoms with E-state index in [1.807, 2.05) is 36.3 Å². The van der Waals surface area contributed by atoms with Gasteiger partial charge in [-0.1, -0.05) is 0 Å². The van der Waals surface area contributed by atoms with Crippen molar-refractivity contribution < 1.29 is 0 Å². The lowest BCUT2D eigenvalue weighted by Crippen LogP contribution is -2.12. The van der Waals surface area contributed by atoms with Crippen molar-refractivity contribution in [2.45, 2.75) is 13.1 Å². The topological polar surface area (TPSA) is 42.7 Å². The SMILES string of the molecule is Cn1cc(CNCc2ccncc2)cn1. The van der Waals surface area contributed by atoms with Gasteiger partial charge in [-0.15, -0.1) is 0 Å². The smallest absolute Gasteiger partial charge is 0.0534 e. The maximum absolute atomic E-state index is 4.11. The highest BCUT2D eigenvalue weighted by Gasteiger charge is 1.95. The van der Waals surface area contributed by atoms with Crippen molar-refractivity contribution in [1.82, 2.24) is 20.1 Å². The van der Waals surface area contributed by atoms with E-state index >= 15 is 0 Å². The van der Waals surface area contributed by atoms with Crippen molar-refractivity contribution in [3.05, 3.63) is 48.0 Å². The highest BCUT2D eigenvalue weighted by atomic mass is 15.2. The van der Waals surface area contributed by atoms with Crippen LogP contribution in [0.15, 0.2) is 36.9 Å². The van der Waals surface area contributed by atoms with E-state index in [9.17, 15) is 0 Å². The molecule has 4 heteroatoms. The van der Waals surface area contributed by atoms with Gasteiger partial charge in [0.05, 0.1) is 6.20 Å². The molecule has 0 radical (unpaired) electrons. The van der Waals surface area contributed by atoms with Gasteiger partial charge in [-0.2, -0.15) is 5.10 Å². The molecule has 0 atom stereocenters. The Hall–Kier alpha value is -1.68. The van der Waals surface area contributed by atoms with Crippen molar-refractivity contribution in [3.63, 3.8) is 0 Å². The van der Waals surface area contributed by atoms with Crippen LogP contribution in [0, 0.1) is 0 Å². The molecule has 0 amide bonds. The zero-order valence-corrected chi connectivity index (χ0v) is 8.72. The maximum Gasteiger partial charge on any atom is 0.0534 e. The molecule has 2 rings (SSSR count). The monoisotopic (exact) mass is 202 g/mol. The number of hydrogen-bond acceptors (Lipinski definition) is 3. The molecule has 4 nitrogen and oxygen atoms in total. The molecule has 0 aromatic carbocycles. The van der Waals surface area contributed by atoms with Crippen LogP contribution < -0.4 is 5.32 Å². The normalized spacial score (nSPS) is 10.5. The van der Waals surface area contributed by atoms with Gasteiger partial charge in [0.25, 0.3) is 0 Å². The molecule has 2 aromatic rings. The van der Waals surface area contributed by atoms with E-state index in [2.05, 4.69) is 15.4 Å². The van der Waals surface area contributed by atoms with Crippen LogP contribution in [-0.2, 0) is 20.1 Å². The molecule has 2 aromatic heterocycles. The first kappa shape index (κ1) is 9.86. The largest absolute Gasteiger partial charge is 0.309 e. The fourth-order valence-electron chi connectivity index (χ4n) is 1.41. The molecule has 0 saturated carbocycles. The van der Waals surface area contributed by atoms with E-state index in [0.29, 0.717) is 0 Å². The van der Waals surface area contributed by atoms with Crippen LogP contribution in [0.1, 0.15) is 11.1 Å². The number of aromatic nitrogens is 3. The van der Waals surface area contributed by atoms with Gasteiger partial charge in [-0.25, -0.2) is 0 Å². The number of nitrogens with zero attached hydrogens (tertiary/aromatic N) is 3. The second kappa shape index (κ2) is 4.70. The lowest BCUT2D eigenvalue weighted by atomic mass is 10.2. The van der Waals surface area contributed by atoms with E-state index in [-0.39, 0.29) is 0 Å². The molecular formula is C11H14N4. The molecule has 0 spiro atoms. The van der Waals surface area contributed by atoms with Crippen molar-refractivity contribution in [2.75, 3.05) is 0 Å². The Morgan fingerprint density at radius 1 is 1.20 bits per heavy atom. The molecule has 0 saturated heterocycles. The third-order valence-electron chi connectivity index (χ3n) is 2.17. The summed E-state index contributed by atoms with van der Waals surface area (Å²) in [5.41, 5.74) is 2.44. The summed E-state index contributed by atoms with van der Waals surface area (Å²) in [7, 11) is 1.92. The highest BCUT2D eigenvalue weighted by molar-refractivity contribution is 5.10. The lowest BCUT2D eigenvalue weighted by molar-refractivity contribution is 0.691. The molecule has 0 aliphatic heterocycles. The summed E-state index contributed by atoms with van der Waals surface area (Å²) < 4.78 is 1.81. The molecule has 0 unspecified atom stereocenters. The molecule has 1 N–H and O–H groups in total. The highest BCUT2D eigenvalue weighted by Crippen LogP contribution is 1.98. The number of pyridine rings is 1. The predicted octanol–water partition coefficient (Wildman–Crippen LogP) is 1.10. The quantitative estimate of drug-likeness (QED) is 0.807. The van der Waals surface area contributed by atoms with Gasteiger partial charge in [0.1, 0.15) is 0 Å². The zero-order valence-electron chi connectivity index (χ0n) is 8.72. The van der Waals surface area contributed by atoms with Crippen molar-refractivity contribution in [1.29, 1.82) is 0 Å². The summed E-state index contributed by atoms with van der Waals surface area (Å²) in [6.07, 6.45) is 7.50. The summed E-state index contributed by atoms with van der Waals surface area (Å²) in [5, 5.41) is 7.46. The van der Waals surface area contributed by atoms with Crippen LogP contribution in [0.5, 0.6) is 0 Å². The van der Waals surface area contributed by atoms with Crippen molar-refractivity contribution in [2.24, 2.45) is 7.05 Å². The van der Waals surface area contributed by atoms with Crippen LogP contribution in [0.3, 0.4) is 0 Å². The Labute approximate surface area is 89.0 Å². The molecule has 15 heavy (non-hydrogen) atoms. The number of rotatable bonds is 4. The Bertz CT molecular complexity index is 408. The second-order valence-corrected chi connectivity index (χ2v) is 3.48. The summed E-state index contributed by atoms with van der Waals surface area (Å²) >= 11 is 0. The lowest BCUT2D eigenvalue weighted by Gasteiger charge is -2.02. The van der Waals surface area contributed by atoms with Crippen LogP contribution in [0.2, 0.25) is 0 Å². The summed E-state index contributed by atoms with van der Waals surface area (Å²) in [4.78, 5) is 3.97. The fourth-order valence-corrected chi connectivity index (χ4v) is 1.41. The molecular weight excluding hydrogens is 188 g/mol. The van der Waals surface area contributed by atoms with Gasteiger partial charge in [0, 0.05) is 44.3 Å². The first-order valence-corrected chi connectivity index (χ1v) is 4.92. The van der Waals surface area contributed by atoms with Gasteiger partial charge in [0.15, 0.2) is 0 Å². The van der Waals surface area contributed by atoms with E-state index in [4.69, 9.17) is 0 Å². The maximum atomic E-state index is 4.11. The molecule has 0 aliphatic rings. The second-order valence-electron chi connectivity index (χ2n) is 3.48. The molecule has 0 bridgehead atoms. The minimum absolute atomic E-state index is 0.843. The third kappa shape index (κ3) is 2.89. The average Bonchev–Trinajstić information content (AvgIpc) is 2.66. The predicted molar refractivity (Wildman–Crippen MR) is 58.0 cm³/mol. The number of aryl methyl sites for hydroxylation is 1. The fraction of sp³-hybridized carbons (Fsp3) is 0.273. The summed E-state index contributed by atoms with van der Waals surface area (Å²) in [5.74, 6) is 0. The average molecular weight is 202 g/mol. The number of hydrogen-bond donors (Lipinski definition) is 1. The standard InChI is InChI=1S/C11H14N4/c1-15-9-11(8-14-15)7-13-6-10-2-4-12-5-3-10/h2-5,8-9,13H,6-7H2,1H3. The molecule has 78 valence electrons. The molecule has 2 heterocycles. The first-order chi connectivity index (χ1) is 7.34. The first-order valence-electron chi connectivity index (χ1n) is 4.92. The Kier molecular flexibility index (Phi) is 3.09. The van der Waals surface area contributed by atoms with E-state index in [1.54, 1.807) is 12.4 Å². The Morgan fingerprint density at radius 3 is 2.60 bits per heavy atom. The van der Waals surface area contributed by atoms with Crippen molar-refractivity contribution >= 4 is 0 Å². The Balaban J connectivity index is 1.80. The van der Waals surface area contributed by atoms with E-state index < -0.39 is 0 Å².